The Morgan fingerprint density at radius 2 is 1.90 bits per heavy atom. The molecule has 4 heterocycles. The number of pyridine rings is 1. The van der Waals surface area contributed by atoms with Crippen LogP contribution in [0.25, 0.3) is 11.3 Å². The van der Waals surface area contributed by atoms with E-state index in [0.29, 0.717) is 18.1 Å². The first-order valence-corrected chi connectivity index (χ1v) is 10.3. The summed E-state index contributed by atoms with van der Waals surface area (Å²) < 4.78 is 14.9. The Labute approximate surface area is 174 Å². The average Bonchev–Trinajstić information content (AvgIpc) is 2.80. The normalized spacial score (nSPS) is 16.3. The maximum atomic E-state index is 14.9. The van der Waals surface area contributed by atoms with Gasteiger partial charge < -0.3 is 10.6 Å². The summed E-state index contributed by atoms with van der Waals surface area (Å²) in [5.41, 5.74) is 5.33. The zero-order valence-corrected chi connectivity index (χ0v) is 16.6. The van der Waals surface area contributed by atoms with E-state index in [1.807, 2.05) is 18.3 Å². The van der Waals surface area contributed by atoms with Crippen molar-refractivity contribution in [3.63, 3.8) is 0 Å². The standard InChI is InChI=1S/C23H23FN6/c24-21-10-18(1-2-19(21)15-3-6-25-7-4-15)29-23-20-13-26-8-5-16(20)9-22(30-23)17-11-27-14-28-12-17/h1-2,8-12,14-15,25H,3-7,13H2,(H,29,30). The van der Waals surface area contributed by atoms with Crippen molar-refractivity contribution in [3.05, 3.63) is 65.5 Å². The number of piperidine rings is 1. The van der Waals surface area contributed by atoms with Gasteiger partial charge in [0.2, 0.25) is 0 Å². The summed E-state index contributed by atoms with van der Waals surface area (Å²) in [4.78, 5) is 17.4. The minimum absolute atomic E-state index is 0.161. The lowest BCUT2D eigenvalue weighted by molar-refractivity contribution is 0.445. The molecule has 0 bridgehead atoms. The second-order valence-electron chi connectivity index (χ2n) is 7.73. The van der Waals surface area contributed by atoms with Crippen molar-refractivity contribution in [3.8, 4) is 11.3 Å². The van der Waals surface area contributed by atoms with Gasteiger partial charge in [0.25, 0.3) is 0 Å². The third-order valence-corrected chi connectivity index (χ3v) is 5.80. The van der Waals surface area contributed by atoms with E-state index < -0.39 is 0 Å². The highest BCUT2D eigenvalue weighted by Gasteiger charge is 2.20. The fourth-order valence-corrected chi connectivity index (χ4v) is 4.19. The molecule has 0 amide bonds. The van der Waals surface area contributed by atoms with Crippen molar-refractivity contribution in [2.75, 3.05) is 18.4 Å². The second kappa shape index (κ2) is 8.28. The van der Waals surface area contributed by atoms with Crippen LogP contribution in [0.2, 0.25) is 0 Å². The number of aliphatic imine (C=N–C) groups is 1. The van der Waals surface area contributed by atoms with Gasteiger partial charge in [0, 0.05) is 41.8 Å². The van der Waals surface area contributed by atoms with E-state index in [1.165, 1.54) is 6.33 Å². The number of benzene rings is 1. The average molecular weight is 402 g/mol. The van der Waals surface area contributed by atoms with Gasteiger partial charge in [-0.15, -0.1) is 0 Å². The SMILES string of the molecule is Fc1cc(Nc2nc(-c3cncnc3)cc3c2CN=CC3)ccc1C1CCNCC1. The summed E-state index contributed by atoms with van der Waals surface area (Å²) in [6.07, 6.45) is 9.60. The van der Waals surface area contributed by atoms with Crippen molar-refractivity contribution in [1.29, 1.82) is 0 Å². The predicted octanol–water partition coefficient (Wildman–Crippen LogP) is 4.02. The van der Waals surface area contributed by atoms with E-state index in [-0.39, 0.29) is 11.7 Å². The first-order chi connectivity index (χ1) is 14.8. The lowest BCUT2D eigenvalue weighted by atomic mass is 9.90. The quantitative estimate of drug-likeness (QED) is 0.690. The third-order valence-electron chi connectivity index (χ3n) is 5.80. The Morgan fingerprint density at radius 3 is 2.70 bits per heavy atom. The molecule has 0 spiro atoms. The molecule has 3 aromatic rings. The predicted molar refractivity (Wildman–Crippen MR) is 116 cm³/mol. The first-order valence-electron chi connectivity index (χ1n) is 10.3. The number of halogens is 1. The van der Waals surface area contributed by atoms with E-state index in [1.54, 1.807) is 18.5 Å². The van der Waals surface area contributed by atoms with Crippen LogP contribution in [-0.4, -0.2) is 34.3 Å². The Morgan fingerprint density at radius 1 is 1.07 bits per heavy atom. The molecular weight excluding hydrogens is 379 g/mol. The molecule has 2 N–H and O–H groups in total. The van der Waals surface area contributed by atoms with Crippen LogP contribution >= 0.6 is 0 Å². The van der Waals surface area contributed by atoms with Crippen LogP contribution in [0.15, 0.2) is 48.0 Å². The van der Waals surface area contributed by atoms with Gasteiger partial charge in [0.1, 0.15) is 18.0 Å². The molecule has 2 aromatic heterocycles. The Bertz CT molecular complexity index is 1080. The van der Waals surface area contributed by atoms with Crippen molar-refractivity contribution in [2.45, 2.75) is 31.7 Å². The van der Waals surface area contributed by atoms with Gasteiger partial charge in [-0.25, -0.2) is 19.3 Å². The zero-order chi connectivity index (χ0) is 20.3. The molecule has 0 radical (unpaired) electrons. The summed E-state index contributed by atoms with van der Waals surface area (Å²) in [5, 5.41) is 6.67. The molecule has 0 atom stereocenters. The van der Waals surface area contributed by atoms with E-state index in [2.05, 4.69) is 31.7 Å². The van der Waals surface area contributed by atoms with E-state index in [4.69, 9.17) is 4.98 Å². The highest BCUT2D eigenvalue weighted by molar-refractivity contribution is 5.73. The number of nitrogens with zero attached hydrogens (tertiary/aromatic N) is 4. The van der Waals surface area contributed by atoms with E-state index in [9.17, 15) is 4.39 Å². The maximum absolute atomic E-state index is 14.9. The summed E-state index contributed by atoms with van der Waals surface area (Å²) in [6, 6.07) is 7.49. The molecule has 6 nitrogen and oxygen atoms in total. The number of aromatic nitrogens is 3. The number of anilines is 2. The summed E-state index contributed by atoms with van der Waals surface area (Å²) in [7, 11) is 0. The summed E-state index contributed by atoms with van der Waals surface area (Å²) >= 11 is 0. The Kier molecular flexibility index (Phi) is 5.19. The monoisotopic (exact) mass is 402 g/mol. The molecule has 0 unspecified atom stereocenters. The zero-order valence-electron chi connectivity index (χ0n) is 16.6. The van der Waals surface area contributed by atoms with Crippen LogP contribution in [0.4, 0.5) is 15.9 Å². The molecular formula is C23H23FN6. The number of nitrogens with one attached hydrogen (secondary N) is 2. The van der Waals surface area contributed by atoms with Crippen LogP contribution in [0.3, 0.4) is 0 Å². The minimum atomic E-state index is -0.161. The topological polar surface area (TPSA) is 75.1 Å². The molecule has 152 valence electrons. The van der Waals surface area contributed by atoms with Crippen molar-refractivity contribution >= 4 is 17.7 Å². The Balaban J connectivity index is 1.47. The van der Waals surface area contributed by atoms with Crippen LogP contribution in [-0.2, 0) is 13.0 Å². The number of hydrogen-bond donors (Lipinski definition) is 2. The smallest absolute Gasteiger partial charge is 0.136 e. The highest BCUT2D eigenvalue weighted by Crippen LogP contribution is 2.32. The van der Waals surface area contributed by atoms with Crippen LogP contribution in [0.5, 0.6) is 0 Å². The van der Waals surface area contributed by atoms with Gasteiger partial charge in [-0.1, -0.05) is 6.07 Å². The van der Waals surface area contributed by atoms with Gasteiger partial charge in [-0.05, 0) is 61.2 Å². The number of rotatable bonds is 4. The number of hydrogen-bond acceptors (Lipinski definition) is 6. The molecule has 30 heavy (non-hydrogen) atoms. The van der Waals surface area contributed by atoms with Crippen LogP contribution < -0.4 is 10.6 Å². The molecule has 1 fully saturated rings. The molecule has 2 aliphatic heterocycles. The summed E-state index contributed by atoms with van der Waals surface area (Å²) in [5.74, 6) is 0.825. The first kappa shape index (κ1) is 18.8. The summed E-state index contributed by atoms with van der Waals surface area (Å²) in [6.45, 7) is 2.44. The highest BCUT2D eigenvalue weighted by atomic mass is 19.1. The fourth-order valence-electron chi connectivity index (χ4n) is 4.19. The molecule has 5 rings (SSSR count). The largest absolute Gasteiger partial charge is 0.340 e. The third kappa shape index (κ3) is 3.80. The van der Waals surface area contributed by atoms with Crippen molar-refractivity contribution in [1.82, 2.24) is 20.3 Å². The van der Waals surface area contributed by atoms with Crippen LogP contribution in [0, 0.1) is 5.82 Å². The minimum Gasteiger partial charge on any atom is -0.340 e. The van der Waals surface area contributed by atoms with Crippen molar-refractivity contribution < 1.29 is 4.39 Å². The lowest BCUT2D eigenvalue weighted by Crippen LogP contribution is -2.27. The fraction of sp³-hybridized carbons (Fsp3) is 0.304. The van der Waals surface area contributed by atoms with Gasteiger partial charge in [0.15, 0.2) is 0 Å². The van der Waals surface area contributed by atoms with Gasteiger partial charge >= 0.3 is 0 Å². The molecule has 7 heteroatoms. The Hall–Kier alpha value is -3.19. The lowest BCUT2D eigenvalue weighted by Gasteiger charge is -2.24. The molecule has 1 aromatic carbocycles. The number of fused-ring (bicyclic) bond motifs is 1. The maximum Gasteiger partial charge on any atom is 0.136 e. The molecule has 0 saturated carbocycles. The van der Waals surface area contributed by atoms with E-state index in [0.717, 1.165) is 60.3 Å². The van der Waals surface area contributed by atoms with Crippen molar-refractivity contribution in [2.24, 2.45) is 4.99 Å². The molecule has 0 aliphatic carbocycles. The van der Waals surface area contributed by atoms with Gasteiger partial charge in [-0.2, -0.15) is 0 Å². The van der Waals surface area contributed by atoms with Gasteiger partial charge in [-0.3, -0.25) is 4.99 Å². The van der Waals surface area contributed by atoms with E-state index >= 15 is 0 Å². The van der Waals surface area contributed by atoms with Gasteiger partial charge in [0.05, 0.1) is 12.2 Å². The molecule has 2 aliphatic rings. The molecule has 1 saturated heterocycles. The van der Waals surface area contributed by atoms with Crippen LogP contribution in [0.1, 0.15) is 35.4 Å². The second-order valence-corrected chi connectivity index (χ2v) is 7.73.